The monoisotopic (exact) mass is 876 g/mol. The van der Waals surface area contributed by atoms with Gasteiger partial charge in [0, 0.05) is 54.9 Å². The van der Waals surface area contributed by atoms with Gasteiger partial charge in [0.1, 0.15) is 11.2 Å². The lowest BCUT2D eigenvalue weighted by molar-refractivity contribution is 0.660. The van der Waals surface area contributed by atoms with Crippen molar-refractivity contribution in [2.24, 2.45) is 0 Å². The SMILES string of the molecule is CC1(C)c2ccccc2-c2ccc(-c3cccc(-c4cccc5c6ccccc6n(-c6ccc(-c7nc(-c8ccccc8)nc(-c8ccc9c(c8)oc8ccccc89)n7)cc6)c45)c3)cc21.CCC. The Kier molecular flexibility index (Phi) is 9.95. The number of benzene rings is 9. The molecule has 0 aliphatic heterocycles. The molecule has 3 aromatic heterocycles. The topological polar surface area (TPSA) is 56.7 Å². The molecule has 68 heavy (non-hydrogen) atoms. The predicted octanol–water partition coefficient (Wildman–Crippen LogP) is 16.9. The van der Waals surface area contributed by atoms with E-state index in [2.05, 4.69) is 184 Å². The van der Waals surface area contributed by atoms with Crippen molar-refractivity contribution in [2.75, 3.05) is 0 Å². The van der Waals surface area contributed by atoms with Crippen molar-refractivity contribution in [1.29, 1.82) is 0 Å². The van der Waals surface area contributed by atoms with Gasteiger partial charge in [-0.15, -0.1) is 0 Å². The van der Waals surface area contributed by atoms with E-state index in [1.54, 1.807) is 0 Å². The highest BCUT2D eigenvalue weighted by atomic mass is 16.3. The number of nitrogens with zero attached hydrogens (tertiary/aromatic N) is 4. The number of fused-ring (bicyclic) bond motifs is 9. The van der Waals surface area contributed by atoms with Crippen LogP contribution in [0.4, 0.5) is 0 Å². The molecule has 0 spiro atoms. The first-order valence-electron chi connectivity index (χ1n) is 23.6. The third kappa shape index (κ3) is 6.81. The van der Waals surface area contributed by atoms with Crippen molar-refractivity contribution < 1.29 is 4.42 Å². The number of aromatic nitrogens is 4. The summed E-state index contributed by atoms with van der Waals surface area (Å²) in [5, 5.41) is 4.57. The standard InChI is InChI=1S/C60H40N4O.C3H8/c1-60(2)51-23-9-6-18-45(51)46-32-28-40(35-52(46)60)39-16-12-17-41(34-39)44-21-13-22-50-47-19-7-10-24-53(47)64(56(44)50)43-30-26-38(27-31-43)58-61-57(37-14-4-3-5-15-37)62-59(63-58)42-29-33-49-48-20-8-11-25-54(48)65-55(49)36-42;1-3-2/h3-36H,1-2H3;3H2,1-2H3. The molecule has 0 saturated heterocycles. The minimum Gasteiger partial charge on any atom is -0.456 e. The smallest absolute Gasteiger partial charge is 0.164 e. The fraction of sp³-hybridized carbons (Fsp3) is 0.0952. The molecule has 5 nitrogen and oxygen atoms in total. The molecule has 0 radical (unpaired) electrons. The quantitative estimate of drug-likeness (QED) is 0.167. The Morgan fingerprint density at radius 1 is 0.397 bits per heavy atom. The first-order valence-corrected chi connectivity index (χ1v) is 23.6. The van der Waals surface area contributed by atoms with Gasteiger partial charge in [-0.3, -0.25) is 0 Å². The van der Waals surface area contributed by atoms with Crippen LogP contribution >= 0.6 is 0 Å². The molecule has 0 N–H and O–H groups in total. The summed E-state index contributed by atoms with van der Waals surface area (Å²) in [7, 11) is 0. The van der Waals surface area contributed by atoms with Crippen molar-refractivity contribution in [1.82, 2.24) is 19.5 Å². The molecule has 5 heteroatoms. The molecule has 0 bridgehead atoms. The van der Waals surface area contributed by atoms with Gasteiger partial charge in [-0.2, -0.15) is 0 Å². The Morgan fingerprint density at radius 2 is 0.941 bits per heavy atom. The largest absolute Gasteiger partial charge is 0.456 e. The lowest BCUT2D eigenvalue weighted by Gasteiger charge is -2.22. The summed E-state index contributed by atoms with van der Waals surface area (Å²) < 4.78 is 8.68. The van der Waals surface area contributed by atoms with Gasteiger partial charge in [0.25, 0.3) is 0 Å². The van der Waals surface area contributed by atoms with Crippen LogP contribution in [0.25, 0.3) is 117 Å². The highest BCUT2D eigenvalue weighted by Gasteiger charge is 2.35. The van der Waals surface area contributed by atoms with Crippen molar-refractivity contribution >= 4 is 43.7 Å². The fourth-order valence-electron chi connectivity index (χ4n) is 10.2. The van der Waals surface area contributed by atoms with E-state index in [0.29, 0.717) is 17.5 Å². The molecule has 13 rings (SSSR count). The van der Waals surface area contributed by atoms with Crippen LogP contribution in [0.2, 0.25) is 0 Å². The Morgan fingerprint density at radius 3 is 1.75 bits per heavy atom. The van der Waals surface area contributed by atoms with Gasteiger partial charge < -0.3 is 8.98 Å². The normalized spacial score (nSPS) is 12.6. The van der Waals surface area contributed by atoms with Gasteiger partial charge in [0.15, 0.2) is 17.5 Å². The summed E-state index contributed by atoms with van der Waals surface area (Å²) in [5.74, 6) is 1.80. The van der Waals surface area contributed by atoms with E-state index in [-0.39, 0.29) is 5.41 Å². The summed E-state index contributed by atoms with van der Waals surface area (Å²) in [6.45, 7) is 8.94. The highest BCUT2D eigenvalue weighted by Crippen LogP contribution is 2.50. The van der Waals surface area contributed by atoms with E-state index in [4.69, 9.17) is 19.4 Å². The van der Waals surface area contributed by atoms with Gasteiger partial charge in [-0.25, -0.2) is 15.0 Å². The molecular weight excluding hydrogens is 829 g/mol. The summed E-state index contributed by atoms with van der Waals surface area (Å²) in [6.07, 6.45) is 1.25. The molecule has 0 unspecified atom stereocenters. The van der Waals surface area contributed by atoms with E-state index in [0.717, 1.165) is 49.8 Å². The van der Waals surface area contributed by atoms with Crippen LogP contribution in [0.15, 0.2) is 211 Å². The summed E-state index contributed by atoms with van der Waals surface area (Å²) in [5.41, 5.74) is 17.8. The number of hydrogen-bond acceptors (Lipinski definition) is 4. The second-order valence-corrected chi connectivity index (χ2v) is 18.3. The fourth-order valence-corrected chi connectivity index (χ4v) is 10.2. The van der Waals surface area contributed by atoms with E-state index in [9.17, 15) is 0 Å². The van der Waals surface area contributed by atoms with Crippen LogP contribution in [-0.2, 0) is 5.41 Å². The number of para-hydroxylation sites is 3. The first kappa shape index (κ1) is 41.1. The van der Waals surface area contributed by atoms with Gasteiger partial charge >= 0.3 is 0 Å². The van der Waals surface area contributed by atoms with E-state index in [1.807, 2.05) is 54.6 Å². The molecule has 326 valence electrons. The molecule has 9 aromatic carbocycles. The van der Waals surface area contributed by atoms with Gasteiger partial charge in [-0.1, -0.05) is 180 Å². The predicted molar refractivity (Wildman–Crippen MR) is 282 cm³/mol. The van der Waals surface area contributed by atoms with Crippen LogP contribution in [0, 0.1) is 0 Å². The summed E-state index contributed by atoms with van der Waals surface area (Å²) in [6, 6.07) is 73.3. The van der Waals surface area contributed by atoms with E-state index in [1.165, 1.54) is 67.2 Å². The summed E-state index contributed by atoms with van der Waals surface area (Å²) >= 11 is 0. The molecule has 3 heterocycles. The molecule has 1 aliphatic rings. The van der Waals surface area contributed by atoms with Crippen LogP contribution < -0.4 is 0 Å². The Hall–Kier alpha value is -8.41. The minimum atomic E-state index is -0.0667. The Bertz CT molecular complexity index is 3880. The third-order valence-electron chi connectivity index (χ3n) is 13.5. The molecule has 1 aliphatic carbocycles. The average molecular weight is 877 g/mol. The second kappa shape index (κ2) is 16.5. The van der Waals surface area contributed by atoms with E-state index >= 15 is 0 Å². The lowest BCUT2D eigenvalue weighted by Crippen LogP contribution is -2.14. The van der Waals surface area contributed by atoms with Crippen molar-refractivity contribution in [3.8, 4) is 73.2 Å². The number of hydrogen-bond donors (Lipinski definition) is 0. The molecule has 0 amide bonds. The average Bonchev–Trinajstić information content (AvgIpc) is 4.01. The maximum absolute atomic E-state index is 6.27. The maximum Gasteiger partial charge on any atom is 0.164 e. The van der Waals surface area contributed by atoms with Gasteiger partial charge in [0.05, 0.1) is 11.0 Å². The van der Waals surface area contributed by atoms with Crippen LogP contribution in [-0.4, -0.2) is 19.5 Å². The summed E-state index contributed by atoms with van der Waals surface area (Å²) in [4.78, 5) is 15.2. The third-order valence-corrected chi connectivity index (χ3v) is 13.5. The number of rotatable bonds is 6. The second-order valence-electron chi connectivity index (χ2n) is 18.3. The molecule has 0 fully saturated rings. The zero-order chi connectivity index (χ0) is 45.9. The van der Waals surface area contributed by atoms with Crippen molar-refractivity contribution in [3.05, 3.63) is 217 Å². The zero-order valence-corrected chi connectivity index (χ0v) is 38.5. The maximum atomic E-state index is 6.27. The zero-order valence-electron chi connectivity index (χ0n) is 38.5. The van der Waals surface area contributed by atoms with Crippen LogP contribution in [0.1, 0.15) is 45.2 Å². The lowest BCUT2D eigenvalue weighted by atomic mass is 9.81. The molecular formula is C63H48N4O. The molecule has 12 aromatic rings. The van der Waals surface area contributed by atoms with Crippen molar-refractivity contribution in [2.45, 2.75) is 39.5 Å². The Labute approximate surface area is 396 Å². The van der Waals surface area contributed by atoms with Gasteiger partial charge in [-0.05, 0) is 99.6 Å². The van der Waals surface area contributed by atoms with Crippen LogP contribution in [0.3, 0.4) is 0 Å². The number of furan rings is 1. The highest BCUT2D eigenvalue weighted by molar-refractivity contribution is 6.14. The Balaban J connectivity index is 0.00000156. The van der Waals surface area contributed by atoms with Crippen molar-refractivity contribution in [3.63, 3.8) is 0 Å². The molecule has 0 saturated carbocycles. The first-order chi connectivity index (χ1) is 33.4. The van der Waals surface area contributed by atoms with Crippen LogP contribution in [0.5, 0.6) is 0 Å². The minimum absolute atomic E-state index is 0.0667. The van der Waals surface area contributed by atoms with Gasteiger partial charge in [0.2, 0.25) is 0 Å². The molecule has 0 atom stereocenters. The van der Waals surface area contributed by atoms with E-state index < -0.39 is 0 Å².